The van der Waals surface area contributed by atoms with Crippen molar-refractivity contribution in [3.8, 4) is 0 Å². The molecule has 26 heavy (non-hydrogen) atoms. The van der Waals surface area contributed by atoms with Crippen LogP contribution in [-0.2, 0) is 11.3 Å². The van der Waals surface area contributed by atoms with Gasteiger partial charge < -0.3 is 10.6 Å². The minimum absolute atomic E-state index is 0.0683. The van der Waals surface area contributed by atoms with Gasteiger partial charge in [0.05, 0.1) is 17.4 Å². The van der Waals surface area contributed by atoms with Gasteiger partial charge in [0.1, 0.15) is 5.82 Å². The third-order valence-corrected chi connectivity index (χ3v) is 4.68. The highest BCUT2D eigenvalue weighted by Crippen LogP contribution is 2.26. The number of nitrogens with one attached hydrogen (secondary N) is 2. The van der Waals surface area contributed by atoms with Crippen LogP contribution in [0.25, 0.3) is 0 Å². The largest absolute Gasteiger partial charge is 0.323 e. The number of anilines is 2. The zero-order valence-electron chi connectivity index (χ0n) is 14.8. The van der Waals surface area contributed by atoms with Gasteiger partial charge in [0, 0.05) is 24.3 Å². The highest BCUT2D eigenvalue weighted by molar-refractivity contribution is 6.04. The smallest absolute Gasteiger partial charge is 0.258 e. The Morgan fingerprint density at radius 3 is 2.69 bits per heavy atom. The lowest BCUT2D eigenvalue weighted by atomic mass is 9.88. The Kier molecular flexibility index (Phi) is 5.65. The molecule has 3 rings (SSSR count). The molecular formula is C19H23FN4O2. The van der Waals surface area contributed by atoms with Gasteiger partial charge in [-0.1, -0.05) is 19.3 Å². The van der Waals surface area contributed by atoms with Gasteiger partial charge in [0.15, 0.2) is 0 Å². The molecule has 0 atom stereocenters. The molecule has 2 amide bonds. The first-order valence-electron chi connectivity index (χ1n) is 9.01. The quantitative estimate of drug-likeness (QED) is 0.853. The number of rotatable bonds is 5. The van der Waals surface area contributed by atoms with Gasteiger partial charge in [-0.3, -0.25) is 14.3 Å². The molecule has 1 aliphatic carbocycles. The first-order valence-corrected chi connectivity index (χ1v) is 9.01. The number of hydrogen-bond donors (Lipinski definition) is 2. The van der Waals surface area contributed by atoms with Crippen molar-refractivity contribution in [1.82, 2.24) is 9.78 Å². The van der Waals surface area contributed by atoms with Gasteiger partial charge >= 0.3 is 0 Å². The summed E-state index contributed by atoms with van der Waals surface area (Å²) in [5, 5.41) is 9.43. The minimum Gasteiger partial charge on any atom is -0.323 e. The lowest BCUT2D eigenvalue weighted by Gasteiger charge is -2.21. The number of carbonyl (C=O) groups excluding carboxylic acids is 2. The van der Waals surface area contributed by atoms with Crippen molar-refractivity contribution in [3.05, 3.63) is 42.0 Å². The SMILES string of the molecule is CCn1cc(C(=O)Nc2ccc(F)c(NC(=O)C3CCCCC3)c2)cn1. The standard InChI is InChI=1S/C19H23FN4O2/c1-2-24-12-14(11-21-24)19(26)22-15-8-9-16(20)17(10-15)23-18(25)13-6-4-3-5-7-13/h8-13H,2-7H2,1H3,(H,22,26)(H,23,25). The van der Waals surface area contributed by atoms with Crippen LogP contribution in [0.5, 0.6) is 0 Å². The number of amides is 2. The van der Waals surface area contributed by atoms with Gasteiger partial charge in [0.25, 0.3) is 5.91 Å². The zero-order chi connectivity index (χ0) is 18.5. The van der Waals surface area contributed by atoms with E-state index in [1.54, 1.807) is 10.9 Å². The zero-order valence-corrected chi connectivity index (χ0v) is 14.8. The fourth-order valence-electron chi connectivity index (χ4n) is 3.16. The van der Waals surface area contributed by atoms with E-state index in [2.05, 4.69) is 15.7 Å². The molecule has 1 aliphatic rings. The van der Waals surface area contributed by atoms with Crippen molar-refractivity contribution in [1.29, 1.82) is 0 Å². The molecular weight excluding hydrogens is 335 g/mol. The molecule has 0 radical (unpaired) electrons. The second kappa shape index (κ2) is 8.12. The van der Waals surface area contributed by atoms with Crippen LogP contribution < -0.4 is 10.6 Å². The van der Waals surface area contributed by atoms with E-state index in [9.17, 15) is 14.0 Å². The summed E-state index contributed by atoms with van der Waals surface area (Å²) in [6, 6.07) is 4.15. The van der Waals surface area contributed by atoms with Crippen LogP contribution in [0.2, 0.25) is 0 Å². The van der Waals surface area contributed by atoms with Crippen LogP contribution in [-0.4, -0.2) is 21.6 Å². The van der Waals surface area contributed by atoms with Crippen LogP contribution in [0.15, 0.2) is 30.6 Å². The van der Waals surface area contributed by atoms with E-state index >= 15 is 0 Å². The summed E-state index contributed by atoms with van der Waals surface area (Å²) in [5.74, 6) is -1.08. The molecule has 1 fully saturated rings. The van der Waals surface area contributed by atoms with Crippen molar-refractivity contribution >= 4 is 23.2 Å². The molecule has 138 valence electrons. The molecule has 0 unspecified atom stereocenters. The van der Waals surface area contributed by atoms with E-state index < -0.39 is 5.82 Å². The molecule has 0 aliphatic heterocycles. The van der Waals surface area contributed by atoms with Crippen molar-refractivity contribution in [2.24, 2.45) is 5.92 Å². The van der Waals surface area contributed by atoms with Gasteiger partial charge in [-0.05, 0) is 38.0 Å². The summed E-state index contributed by atoms with van der Waals surface area (Å²) >= 11 is 0. The van der Waals surface area contributed by atoms with Crippen LogP contribution in [0, 0.1) is 11.7 Å². The maximum Gasteiger partial charge on any atom is 0.258 e. The van der Waals surface area contributed by atoms with Crippen LogP contribution in [0.1, 0.15) is 49.4 Å². The summed E-state index contributed by atoms with van der Waals surface area (Å²) in [5.41, 5.74) is 0.922. The van der Waals surface area contributed by atoms with Crippen molar-refractivity contribution < 1.29 is 14.0 Å². The Labute approximate surface area is 151 Å². The van der Waals surface area contributed by atoms with Crippen molar-refractivity contribution in [2.45, 2.75) is 45.6 Å². The first-order chi connectivity index (χ1) is 12.6. The van der Waals surface area contributed by atoms with E-state index in [1.165, 1.54) is 24.4 Å². The number of benzene rings is 1. The Balaban J connectivity index is 1.68. The lowest BCUT2D eigenvalue weighted by molar-refractivity contribution is -0.120. The summed E-state index contributed by atoms with van der Waals surface area (Å²) in [6.45, 7) is 2.59. The summed E-state index contributed by atoms with van der Waals surface area (Å²) in [6.07, 6.45) is 8.01. The normalized spacial score (nSPS) is 14.8. The van der Waals surface area contributed by atoms with Gasteiger partial charge in [-0.2, -0.15) is 5.10 Å². The van der Waals surface area contributed by atoms with Crippen LogP contribution in [0.3, 0.4) is 0 Å². The van der Waals surface area contributed by atoms with Crippen molar-refractivity contribution in [2.75, 3.05) is 10.6 Å². The number of hydrogen-bond acceptors (Lipinski definition) is 3. The fourth-order valence-corrected chi connectivity index (χ4v) is 3.16. The molecule has 7 heteroatoms. The topological polar surface area (TPSA) is 76.0 Å². The molecule has 1 saturated carbocycles. The monoisotopic (exact) mass is 358 g/mol. The Morgan fingerprint density at radius 1 is 1.23 bits per heavy atom. The molecule has 1 aromatic carbocycles. The number of nitrogens with zero attached hydrogens (tertiary/aromatic N) is 2. The Bertz CT molecular complexity index is 797. The Morgan fingerprint density at radius 2 is 2.00 bits per heavy atom. The maximum atomic E-state index is 14.1. The second-order valence-electron chi connectivity index (χ2n) is 6.56. The van der Waals surface area contributed by atoms with Crippen LogP contribution in [0.4, 0.5) is 15.8 Å². The average Bonchev–Trinajstić information content (AvgIpc) is 3.14. The highest BCUT2D eigenvalue weighted by atomic mass is 19.1. The molecule has 0 bridgehead atoms. The lowest BCUT2D eigenvalue weighted by Crippen LogP contribution is -2.25. The van der Waals surface area contributed by atoms with Gasteiger partial charge in [-0.25, -0.2) is 4.39 Å². The van der Waals surface area contributed by atoms with E-state index in [4.69, 9.17) is 0 Å². The molecule has 0 saturated heterocycles. The second-order valence-corrected chi connectivity index (χ2v) is 6.56. The predicted octanol–water partition coefficient (Wildman–Crippen LogP) is 3.81. The van der Waals surface area contributed by atoms with E-state index in [0.29, 0.717) is 17.8 Å². The van der Waals surface area contributed by atoms with Crippen LogP contribution >= 0.6 is 0 Å². The number of aromatic nitrogens is 2. The summed E-state index contributed by atoms with van der Waals surface area (Å²) in [7, 11) is 0. The van der Waals surface area contributed by atoms with E-state index in [0.717, 1.165) is 32.1 Å². The van der Waals surface area contributed by atoms with E-state index in [-0.39, 0.29) is 23.4 Å². The minimum atomic E-state index is -0.522. The van der Waals surface area contributed by atoms with Gasteiger partial charge in [0.2, 0.25) is 5.91 Å². The predicted molar refractivity (Wildman–Crippen MR) is 97.5 cm³/mol. The van der Waals surface area contributed by atoms with E-state index in [1.807, 2.05) is 6.92 Å². The number of carbonyl (C=O) groups is 2. The molecule has 0 spiro atoms. The third-order valence-electron chi connectivity index (χ3n) is 4.68. The van der Waals surface area contributed by atoms with Crippen molar-refractivity contribution in [3.63, 3.8) is 0 Å². The fraction of sp³-hybridized carbons (Fsp3) is 0.421. The molecule has 2 N–H and O–H groups in total. The maximum absolute atomic E-state index is 14.1. The van der Waals surface area contributed by atoms with Gasteiger partial charge in [-0.15, -0.1) is 0 Å². The third kappa shape index (κ3) is 4.28. The summed E-state index contributed by atoms with van der Waals surface area (Å²) in [4.78, 5) is 24.6. The highest BCUT2D eigenvalue weighted by Gasteiger charge is 2.22. The molecule has 1 heterocycles. The number of halogens is 1. The molecule has 1 aromatic heterocycles. The molecule has 2 aromatic rings. The molecule has 6 nitrogen and oxygen atoms in total. The number of aryl methyl sites for hydroxylation is 1. The Hall–Kier alpha value is -2.70. The summed E-state index contributed by atoms with van der Waals surface area (Å²) < 4.78 is 15.7. The first kappa shape index (κ1) is 18.1. The average molecular weight is 358 g/mol.